The maximum atomic E-state index is 15.4. The Labute approximate surface area is 234 Å². The van der Waals surface area contributed by atoms with Crippen molar-refractivity contribution in [3.63, 3.8) is 0 Å². The standard InChI is InChI=1S/C25H30B4FN3O7/c26-23(37)19(20(34)31-22(36)24(23,27)38)33-12-15-14(21(33)35)2-1-3-18(15)40-25(28,29)16-5-4-13(10-17(16)30)11-32-6-8-39-9-7-32/h1-5,10,19,37-38H,6-9,11-12,26-29H2,(H,31,34,36). The Bertz CT molecular complexity index is 1380. The molecule has 10 nitrogen and oxygen atoms in total. The fraction of sp³-hybridized carbons (Fsp3) is 0.400. The smallest absolute Gasteiger partial charge is 0.255 e. The number of rotatable bonds is 6. The summed E-state index contributed by atoms with van der Waals surface area (Å²) in [6, 6.07) is 8.38. The van der Waals surface area contributed by atoms with Crippen molar-refractivity contribution in [3.8, 4) is 5.75 Å². The first-order chi connectivity index (χ1) is 18.7. The largest absolute Gasteiger partial charge is 0.501 e. The van der Waals surface area contributed by atoms with E-state index in [1.807, 2.05) is 11.4 Å². The molecule has 3 unspecified atom stereocenters. The number of ether oxygens (including phenoxy) is 2. The van der Waals surface area contributed by atoms with Gasteiger partial charge < -0.3 is 24.6 Å². The number of imide groups is 1. The Balaban J connectivity index is 1.39. The quantitative estimate of drug-likeness (QED) is 0.246. The van der Waals surface area contributed by atoms with Crippen molar-refractivity contribution in [2.45, 2.75) is 35.5 Å². The fourth-order valence-electron chi connectivity index (χ4n) is 5.62. The lowest BCUT2D eigenvalue weighted by Gasteiger charge is -2.48. The molecule has 2 saturated heterocycles. The molecule has 0 aliphatic carbocycles. The molecule has 40 heavy (non-hydrogen) atoms. The fourth-order valence-corrected chi connectivity index (χ4v) is 5.62. The molecule has 3 heterocycles. The Kier molecular flexibility index (Phi) is 7.14. The molecule has 3 aliphatic heterocycles. The number of nitrogens with one attached hydrogen (secondary N) is 1. The van der Waals surface area contributed by atoms with Crippen LogP contribution in [0.5, 0.6) is 5.75 Å². The van der Waals surface area contributed by atoms with Crippen molar-refractivity contribution in [2.24, 2.45) is 0 Å². The highest BCUT2D eigenvalue weighted by Gasteiger charge is 2.61. The highest BCUT2D eigenvalue weighted by Crippen LogP contribution is 2.39. The van der Waals surface area contributed by atoms with Crippen molar-refractivity contribution < 1.29 is 38.5 Å². The van der Waals surface area contributed by atoms with Gasteiger partial charge >= 0.3 is 0 Å². The summed E-state index contributed by atoms with van der Waals surface area (Å²) >= 11 is 0. The van der Waals surface area contributed by atoms with E-state index in [2.05, 4.69) is 4.90 Å². The van der Waals surface area contributed by atoms with Gasteiger partial charge in [-0.3, -0.25) is 24.6 Å². The Morgan fingerprint density at radius 3 is 2.50 bits per heavy atom. The summed E-state index contributed by atoms with van der Waals surface area (Å²) in [4.78, 5) is 41.7. The summed E-state index contributed by atoms with van der Waals surface area (Å²) in [7, 11) is 5.69. The van der Waals surface area contributed by atoms with Crippen molar-refractivity contribution in [3.05, 3.63) is 64.5 Å². The average Bonchev–Trinajstić information content (AvgIpc) is 3.20. The van der Waals surface area contributed by atoms with Gasteiger partial charge in [-0.1, -0.05) is 18.2 Å². The van der Waals surface area contributed by atoms with Gasteiger partial charge in [0.05, 0.1) is 30.7 Å². The number of aliphatic hydroxyl groups is 2. The van der Waals surface area contributed by atoms with Crippen LogP contribution in [0.15, 0.2) is 36.4 Å². The number of amides is 3. The van der Waals surface area contributed by atoms with Gasteiger partial charge in [-0.25, -0.2) is 4.39 Å². The zero-order valence-corrected chi connectivity index (χ0v) is 23.0. The average molecular weight is 547 g/mol. The van der Waals surface area contributed by atoms with Gasteiger partial charge in [-0.2, -0.15) is 0 Å². The van der Waals surface area contributed by atoms with Crippen molar-refractivity contribution in [2.75, 3.05) is 26.3 Å². The van der Waals surface area contributed by atoms with E-state index in [4.69, 9.17) is 9.47 Å². The molecule has 0 spiro atoms. The molecule has 0 bridgehead atoms. The lowest BCUT2D eigenvalue weighted by atomic mass is 9.53. The molecule has 3 aliphatic rings. The second-order valence-corrected chi connectivity index (χ2v) is 11.5. The van der Waals surface area contributed by atoms with Crippen LogP contribution in [-0.2, 0) is 32.8 Å². The van der Waals surface area contributed by atoms with Crippen LogP contribution < -0.4 is 10.1 Å². The maximum absolute atomic E-state index is 15.4. The van der Waals surface area contributed by atoms with E-state index in [1.54, 1.807) is 40.0 Å². The van der Waals surface area contributed by atoms with Crippen LogP contribution in [0.4, 0.5) is 4.39 Å². The van der Waals surface area contributed by atoms with Gasteiger partial charge in [0.1, 0.15) is 31.0 Å². The number of carbonyl (C=O) groups excluding carboxylic acids is 3. The number of halogens is 1. The van der Waals surface area contributed by atoms with Gasteiger partial charge in [-0.05, 0) is 23.8 Å². The zero-order valence-electron chi connectivity index (χ0n) is 23.0. The maximum Gasteiger partial charge on any atom is 0.255 e. The summed E-state index contributed by atoms with van der Waals surface area (Å²) in [6.07, 6.45) is 0. The minimum absolute atomic E-state index is 0.125. The van der Waals surface area contributed by atoms with Crippen LogP contribution in [0.25, 0.3) is 0 Å². The highest BCUT2D eigenvalue weighted by atomic mass is 19.1. The number of nitrogens with zero attached hydrogens (tertiary/aromatic N) is 2. The van der Waals surface area contributed by atoms with E-state index < -0.39 is 46.0 Å². The number of benzene rings is 2. The SMILES string of the molecule is BC(B)(Oc1cccc2c1CN(C1C(=O)NC(=O)C(B)(O)C1(B)O)C2=O)c1ccc(CN2CCOCC2)cc1F. The predicted molar refractivity (Wildman–Crippen MR) is 152 cm³/mol. The lowest BCUT2D eigenvalue weighted by molar-refractivity contribution is -0.167. The second kappa shape index (κ2) is 10.1. The summed E-state index contributed by atoms with van der Waals surface area (Å²) in [5.74, 6) is -2.62. The molecule has 0 saturated carbocycles. The van der Waals surface area contributed by atoms with Gasteiger partial charge in [0.15, 0.2) is 23.5 Å². The minimum atomic E-state index is -2.33. The molecule has 0 radical (unpaired) electrons. The molecule has 2 aromatic carbocycles. The summed E-state index contributed by atoms with van der Waals surface area (Å²) in [5.41, 5.74) is -2.72. The number of hydrogen-bond donors (Lipinski definition) is 3. The molecule has 3 atom stereocenters. The third-order valence-corrected chi connectivity index (χ3v) is 8.27. The van der Waals surface area contributed by atoms with Gasteiger partial charge in [-0.15, -0.1) is 0 Å². The molecular formula is C25H30B4FN3O7. The molecule has 2 fully saturated rings. The van der Waals surface area contributed by atoms with E-state index in [-0.39, 0.29) is 12.1 Å². The number of hydrogen-bond acceptors (Lipinski definition) is 8. The van der Waals surface area contributed by atoms with E-state index >= 15 is 4.39 Å². The van der Waals surface area contributed by atoms with Crippen molar-refractivity contribution in [1.29, 1.82) is 0 Å². The highest BCUT2D eigenvalue weighted by molar-refractivity contribution is 6.39. The van der Waals surface area contributed by atoms with E-state index in [1.165, 1.54) is 6.07 Å². The van der Waals surface area contributed by atoms with E-state index in [9.17, 15) is 24.6 Å². The summed E-state index contributed by atoms with van der Waals surface area (Å²) < 4.78 is 27.1. The Hall–Kier alpha value is -3.12. The molecular weight excluding hydrogens is 517 g/mol. The first kappa shape index (κ1) is 28.4. The molecule has 2 aromatic rings. The van der Waals surface area contributed by atoms with Gasteiger partial charge in [0.2, 0.25) is 0 Å². The molecule has 0 aromatic heterocycles. The van der Waals surface area contributed by atoms with Gasteiger partial charge in [0.25, 0.3) is 17.7 Å². The predicted octanol–water partition coefficient (Wildman–Crippen LogP) is -4.26. The lowest BCUT2D eigenvalue weighted by Crippen LogP contribution is -2.79. The van der Waals surface area contributed by atoms with Crippen molar-refractivity contribution in [1.82, 2.24) is 15.1 Å². The molecule has 206 valence electrons. The van der Waals surface area contributed by atoms with Crippen LogP contribution in [0.1, 0.15) is 27.0 Å². The van der Waals surface area contributed by atoms with E-state index in [0.717, 1.165) is 39.2 Å². The molecule has 15 heteroatoms. The number of fused-ring (bicyclic) bond motifs is 1. The van der Waals surface area contributed by atoms with Gasteiger partial charge in [0, 0.05) is 36.3 Å². The third-order valence-electron chi connectivity index (χ3n) is 8.27. The van der Waals surface area contributed by atoms with Crippen LogP contribution in [0.3, 0.4) is 0 Å². The second-order valence-electron chi connectivity index (χ2n) is 11.5. The monoisotopic (exact) mass is 547 g/mol. The Morgan fingerprint density at radius 2 is 1.82 bits per heavy atom. The van der Waals surface area contributed by atoms with E-state index in [0.29, 0.717) is 36.6 Å². The van der Waals surface area contributed by atoms with Crippen LogP contribution in [0.2, 0.25) is 0 Å². The number of carbonyl (C=O) groups is 3. The van der Waals surface area contributed by atoms with Crippen molar-refractivity contribution >= 4 is 49.1 Å². The third kappa shape index (κ3) is 4.74. The van der Waals surface area contributed by atoms with Crippen LogP contribution >= 0.6 is 0 Å². The number of piperidine rings is 1. The molecule has 3 amide bonds. The number of morpholine rings is 1. The minimum Gasteiger partial charge on any atom is -0.501 e. The Morgan fingerprint density at radius 1 is 1.12 bits per heavy atom. The zero-order chi connectivity index (χ0) is 29.0. The summed E-state index contributed by atoms with van der Waals surface area (Å²) in [5, 5.41) is 22.7. The van der Waals surface area contributed by atoms with Crippen LogP contribution in [0, 0.1) is 5.82 Å². The first-order valence-electron chi connectivity index (χ1n) is 13.2. The first-order valence-corrected chi connectivity index (χ1v) is 13.2. The topological polar surface area (TPSA) is 129 Å². The molecule has 3 N–H and O–H groups in total. The summed E-state index contributed by atoms with van der Waals surface area (Å²) in [6.45, 7) is 3.38. The molecule has 5 rings (SSSR count). The van der Waals surface area contributed by atoms with Crippen LogP contribution in [-0.4, -0.2) is 112 Å². The normalized spacial score (nSPS) is 27.4.